The number of aliphatic carboxylic acids is 1. The highest BCUT2D eigenvalue weighted by atomic mass is 16.4. The minimum absolute atomic E-state index is 0.0648. The standard InChI is InChI=1S/C13H18O2/c1-5-10-7-8-13(4,6-2)11(10)9(3)12(14)15/h5-6,10-11H,1-3,7-8H2,4H3,(H,14,15)/t10-,11-,13-/m0/s1. The molecule has 1 fully saturated rings. The molecule has 2 heteroatoms. The number of carbonyl (C=O) groups is 1. The van der Waals surface area contributed by atoms with Crippen LogP contribution in [0.2, 0.25) is 0 Å². The van der Waals surface area contributed by atoms with Gasteiger partial charge >= 0.3 is 5.97 Å². The summed E-state index contributed by atoms with van der Waals surface area (Å²) >= 11 is 0. The Morgan fingerprint density at radius 3 is 2.53 bits per heavy atom. The molecule has 0 aromatic carbocycles. The Kier molecular flexibility index (Phi) is 3.18. The zero-order valence-electron chi connectivity index (χ0n) is 9.20. The summed E-state index contributed by atoms with van der Waals surface area (Å²) in [4.78, 5) is 11.0. The fourth-order valence-electron chi connectivity index (χ4n) is 2.56. The van der Waals surface area contributed by atoms with Crippen molar-refractivity contribution in [3.05, 3.63) is 37.5 Å². The highest BCUT2D eigenvalue weighted by molar-refractivity contribution is 5.86. The van der Waals surface area contributed by atoms with E-state index in [1.54, 1.807) is 0 Å². The molecular formula is C13H18O2. The molecule has 1 saturated carbocycles. The van der Waals surface area contributed by atoms with Crippen molar-refractivity contribution >= 4 is 5.97 Å². The third-order valence-corrected chi connectivity index (χ3v) is 3.57. The zero-order chi connectivity index (χ0) is 11.6. The maximum Gasteiger partial charge on any atom is 0.331 e. The zero-order valence-corrected chi connectivity index (χ0v) is 9.20. The first-order chi connectivity index (χ1) is 6.96. The summed E-state index contributed by atoms with van der Waals surface area (Å²) in [6, 6.07) is 0. The highest BCUT2D eigenvalue weighted by Gasteiger charge is 2.44. The van der Waals surface area contributed by atoms with E-state index in [0.29, 0.717) is 0 Å². The van der Waals surface area contributed by atoms with Crippen molar-refractivity contribution in [2.24, 2.45) is 17.3 Å². The van der Waals surface area contributed by atoms with Gasteiger partial charge in [0.2, 0.25) is 0 Å². The molecule has 0 aromatic heterocycles. The molecule has 0 heterocycles. The lowest BCUT2D eigenvalue weighted by atomic mass is 9.73. The van der Waals surface area contributed by atoms with Crippen molar-refractivity contribution in [3.8, 4) is 0 Å². The van der Waals surface area contributed by atoms with Crippen LogP contribution in [0.5, 0.6) is 0 Å². The number of rotatable bonds is 4. The summed E-state index contributed by atoms with van der Waals surface area (Å²) in [5.74, 6) is -0.775. The molecule has 2 nitrogen and oxygen atoms in total. The lowest BCUT2D eigenvalue weighted by Gasteiger charge is -2.30. The van der Waals surface area contributed by atoms with E-state index in [0.717, 1.165) is 12.8 Å². The molecule has 0 bridgehead atoms. The van der Waals surface area contributed by atoms with Gasteiger partial charge in [-0.25, -0.2) is 4.79 Å². The normalized spacial score (nSPS) is 34.7. The van der Waals surface area contributed by atoms with Gasteiger partial charge in [-0.15, -0.1) is 13.2 Å². The van der Waals surface area contributed by atoms with Gasteiger partial charge in [0.1, 0.15) is 0 Å². The Hall–Kier alpha value is -1.31. The minimum Gasteiger partial charge on any atom is -0.478 e. The van der Waals surface area contributed by atoms with Gasteiger partial charge in [0.05, 0.1) is 0 Å². The van der Waals surface area contributed by atoms with Crippen molar-refractivity contribution in [1.29, 1.82) is 0 Å². The quantitative estimate of drug-likeness (QED) is 0.567. The van der Waals surface area contributed by atoms with Gasteiger partial charge in [-0.1, -0.05) is 25.7 Å². The fraction of sp³-hybridized carbons (Fsp3) is 0.462. The molecule has 0 radical (unpaired) electrons. The van der Waals surface area contributed by atoms with E-state index in [-0.39, 0.29) is 22.8 Å². The average molecular weight is 206 g/mol. The topological polar surface area (TPSA) is 37.3 Å². The van der Waals surface area contributed by atoms with Crippen molar-refractivity contribution in [2.75, 3.05) is 0 Å². The van der Waals surface area contributed by atoms with E-state index in [2.05, 4.69) is 19.7 Å². The Bertz CT molecular complexity index is 316. The SMILES string of the molecule is C=C[C@H]1CC[C@](C)(C=C)[C@H]1C(=C)C(=O)O. The van der Waals surface area contributed by atoms with Crippen LogP contribution in [0.1, 0.15) is 19.8 Å². The van der Waals surface area contributed by atoms with Crippen LogP contribution in [0, 0.1) is 17.3 Å². The summed E-state index contributed by atoms with van der Waals surface area (Å²) in [6.45, 7) is 13.3. The second kappa shape index (κ2) is 4.05. The van der Waals surface area contributed by atoms with E-state index in [9.17, 15) is 4.79 Å². The molecule has 1 rings (SSSR count). The van der Waals surface area contributed by atoms with Crippen molar-refractivity contribution < 1.29 is 9.90 Å². The van der Waals surface area contributed by atoms with Crippen LogP contribution in [0.25, 0.3) is 0 Å². The van der Waals surface area contributed by atoms with E-state index in [4.69, 9.17) is 5.11 Å². The van der Waals surface area contributed by atoms with Crippen molar-refractivity contribution in [2.45, 2.75) is 19.8 Å². The van der Waals surface area contributed by atoms with Crippen LogP contribution >= 0.6 is 0 Å². The molecule has 82 valence electrons. The van der Waals surface area contributed by atoms with E-state index in [1.807, 2.05) is 19.1 Å². The van der Waals surface area contributed by atoms with E-state index < -0.39 is 5.97 Å². The average Bonchev–Trinajstić information content (AvgIpc) is 2.55. The van der Waals surface area contributed by atoms with E-state index in [1.165, 1.54) is 0 Å². The van der Waals surface area contributed by atoms with Gasteiger partial charge in [-0.3, -0.25) is 0 Å². The van der Waals surface area contributed by atoms with Gasteiger partial charge in [-0.2, -0.15) is 0 Å². The second-order valence-electron chi connectivity index (χ2n) is 4.46. The molecular weight excluding hydrogens is 188 g/mol. The van der Waals surface area contributed by atoms with Crippen LogP contribution in [-0.4, -0.2) is 11.1 Å². The highest BCUT2D eigenvalue weighted by Crippen LogP contribution is 2.51. The molecule has 0 amide bonds. The summed E-state index contributed by atoms with van der Waals surface area (Å²) in [5.41, 5.74) is 0.119. The number of carboxylic acid groups (broad SMARTS) is 1. The Morgan fingerprint density at radius 1 is 1.53 bits per heavy atom. The Balaban J connectivity index is 3.06. The minimum atomic E-state index is -0.915. The Morgan fingerprint density at radius 2 is 2.13 bits per heavy atom. The smallest absolute Gasteiger partial charge is 0.331 e. The molecule has 0 unspecified atom stereocenters. The molecule has 1 N–H and O–H groups in total. The Labute approximate surface area is 91.0 Å². The summed E-state index contributed by atoms with van der Waals surface area (Å²) in [7, 11) is 0. The fourth-order valence-corrected chi connectivity index (χ4v) is 2.56. The molecule has 1 aliphatic carbocycles. The lowest BCUT2D eigenvalue weighted by molar-refractivity contribution is -0.133. The number of hydrogen-bond donors (Lipinski definition) is 1. The monoisotopic (exact) mass is 206 g/mol. The number of carboxylic acids is 1. The largest absolute Gasteiger partial charge is 0.478 e. The first kappa shape index (κ1) is 11.8. The molecule has 0 spiro atoms. The van der Waals surface area contributed by atoms with Crippen LogP contribution in [0.15, 0.2) is 37.5 Å². The summed E-state index contributed by atoms with van der Waals surface area (Å²) < 4.78 is 0. The maximum atomic E-state index is 11.0. The third kappa shape index (κ3) is 1.89. The predicted molar refractivity (Wildman–Crippen MR) is 61.5 cm³/mol. The maximum absolute atomic E-state index is 11.0. The molecule has 15 heavy (non-hydrogen) atoms. The molecule has 3 atom stereocenters. The van der Waals surface area contributed by atoms with Crippen LogP contribution in [0.4, 0.5) is 0 Å². The van der Waals surface area contributed by atoms with E-state index >= 15 is 0 Å². The molecule has 0 saturated heterocycles. The van der Waals surface area contributed by atoms with Crippen molar-refractivity contribution in [1.82, 2.24) is 0 Å². The van der Waals surface area contributed by atoms with Crippen LogP contribution < -0.4 is 0 Å². The van der Waals surface area contributed by atoms with Crippen LogP contribution in [0.3, 0.4) is 0 Å². The second-order valence-corrected chi connectivity index (χ2v) is 4.46. The van der Waals surface area contributed by atoms with Gasteiger partial charge < -0.3 is 5.11 Å². The van der Waals surface area contributed by atoms with Gasteiger partial charge in [0.15, 0.2) is 0 Å². The third-order valence-electron chi connectivity index (χ3n) is 3.57. The number of allylic oxidation sites excluding steroid dienone is 2. The predicted octanol–water partition coefficient (Wildman–Crippen LogP) is 3.03. The van der Waals surface area contributed by atoms with Gasteiger partial charge in [-0.05, 0) is 24.2 Å². The van der Waals surface area contributed by atoms with Crippen LogP contribution in [-0.2, 0) is 4.79 Å². The molecule has 0 aromatic rings. The van der Waals surface area contributed by atoms with Gasteiger partial charge in [0, 0.05) is 11.5 Å². The summed E-state index contributed by atoms with van der Waals surface area (Å²) in [5, 5.41) is 9.02. The lowest BCUT2D eigenvalue weighted by Crippen LogP contribution is -2.27. The summed E-state index contributed by atoms with van der Waals surface area (Å²) in [6.07, 6.45) is 5.61. The first-order valence-corrected chi connectivity index (χ1v) is 5.14. The molecule has 1 aliphatic rings. The molecule has 0 aliphatic heterocycles. The first-order valence-electron chi connectivity index (χ1n) is 5.14. The van der Waals surface area contributed by atoms with Crippen molar-refractivity contribution in [3.63, 3.8) is 0 Å². The van der Waals surface area contributed by atoms with Gasteiger partial charge in [0.25, 0.3) is 0 Å². The number of hydrogen-bond acceptors (Lipinski definition) is 1.